The van der Waals surface area contributed by atoms with Crippen LogP contribution in [0.25, 0.3) is 11.1 Å². The maximum atomic E-state index is 12.3. The molecule has 2 heterocycles. The Morgan fingerprint density at radius 3 is 2.58 bits per heavy atom. The molecule has 1 aromatic carbocycles. The minimum atomic E-state index is -0.0388. The van der Waals surface area contributed by atoms with Gasteiger partial charge in [-0.15, -0.1) is 0 Å². The van der Waals surface area contributed by atoms with Gasteiger partial charge in [-0.1, -0.05) is 12.1 Å². The van der Waals surface area contributed by atoms with E-state index in [0.717, 1.165) is 42.9 Å². The minimum absolute atomic E-state index is 0.0388. The third-order valence-electron chi connectivity index (χ3n) is 4.41. The van der Waals surface area contributed by atoms with E-state index in [1.807, 2.05) is 43.3 Å². The Bertz CT molecular complexity index is 707. The summed E-state index contributed by atoms with van der Waals surface area (Å²) < 4.78 is 5.34. The SMILES string of the molecule is Cc1ccc(-c2ccc(C(=O)NCC3CCOCC3)cc2)c(N)n1. The molecule has 3 rings (SSSR count). The monoisotopic (exact) mass is 325 g/mol. The summed E-state index contributed by atoms with van der Waals surface area (Å²) in [6.45, 7) is 4.20. The molecule has 0 saturated carbocycles. The van der Waals surface area contributed by atoms with E-state index in [9.17, 15) is 4.79 Å². The number of ether oxygens (including phenoxy) is 1. The van der Waals surface area contributed by atoms with Crippen molar-refractivity contribution in [1.82, 2.24) is 10.3 Å². The van der Waals surface area contributed by atoms with Gasteiger partial charge in [0, 0.05) is 36.6 Å². The zero-order valence-electron chi connectivity index (χ0n) is 13.9. The van der Waals surface area contributed by atoms with Crippen LogP contribution in [0.2, 0.25) is 0 Å². The Kier molecular flexibility index (Phi) is 5.11. The first-order valence-electron chi connectivity index (χ1n) is 8.33. The summed E-state index contributed by atoms with van der Waals surface area (Å²) in [6, 6.07) is 11.4. The molecule has 24 heavy (non-hydrogen) atoms. The third-order valence-corrected chi connectivity index (χ3v) is 4.41. The first kappa shape index (κ1) is 16.5. The van der Waals surface area contributed by atoms with Crippen molar-refractivity contribution in [2.75, 3.05) is 25.5 Å². The van der Waals surface area contributed by atoms with Crippen LogP contribution in [-0.4, -0.2) is 30.6 Å². The molecule has 5 heteroatoms. The van der Waals surface area contributed by atoms with Crippen molar-refractivity contribution in [1.29, 1.82) is 0 Å². The fraction of sp³-hybridized carbons (Fsp3) is 0.368. The van der Waals surface area contributed by atoms with Gasteiger partial charge in [0.05, 0.1) is 0 Å². The highest BCUT2D eigenvalue weighted by atomic mass is 16.5. The predicted molar refractivity (Wildman–Crippen MR) is 94.7 cm³/mol. The second kappa shape index (κ2) is 7.45. The number of carbonyl (C=O) groups excluding carboxylic acids is 1. The molecule has 1 saturated heterocycles. The van der Waals surface area contributed by atoms with Crippen LogP contribution in [0.5, 0.6) is 0 Å². The van der Waals surface area contributed by atoms with Gasteiger partial charge < -0.3 is 15.8 Å². The molecule has 0 bridgehead atoms. The van der Waals surface area contributed by atoms with E-state index in [2.05, 4.69) is 10.3 Å². The van der Waals surface area contributed by atoms with Crippen LogP contribution >= 0.6 is 0 Å². The molecule has 5 nitrogen and oxygen atoms in total. The van der Waals surface area contributed by atoms with Gasteiger partial charge in [-0.25, -0.2) is 4.98 Å². The zero-order chi connectivity index (χ0) is 16.9. The largest absolute Gasteiger partial charge is 0.383 e. The number of carbonyl (C=O) groups is 1. The quantitative estimate of drug-likeness (QED) is 0.906. The lowest BCUT2D eigenvalue weighted by molar-refractivity contribution is 0.0642. The molecule has 1 aliphatic rings. The number of aryl methyl sites for hydroxylation is 1. The van der Waals surface area contributed by atoms with Gasteiger partial charge in [0.2, 0.25) is 0 Å². The normalized spacial score (nSPS) is 15.2. The summed E-state index contributed by atoms with van der Waals surface area (Å²) in [5.41, 5.74) is 9.37. The minimum Gasteiger partial charge on any atom is -0.383 e. The van der Waals surface area contributed by atoms with Crippen LogP contribution in [0.15, 0.2) is 36.4 Å². The maximum absolute atomic E-state index is 12.3. The topological polar surface area (TPSA) is 77.2 Å². The van der Waals surface area contributed by atoms with Crippen molar-refractivity contribution in [3.8, 4) is 11.1 Å². The summed E-state index contributed by atoms with van der Waals surface area (Å²) in [7, 11) is 0. The van der Waals surface area contributed by atoms with Gasteiger partial charge >= 0.3 is 0 Å². The molecule has 0 aliphatic carbocycles. The summed E-state index contributed by atoms with van der Waals surface area (Å²) in [6.07, 6.45) is 2.03. The first-order chi connectivity index (χ1) is 11.6. The summed E-state index contributed by atoms with van der Waals surface area (Å²) >= 11 is 0. The van der Waals surface area contributed by atoms with Crippen molar-refractivity contribution >= 4 is 11.7 Å². The number of pyridine rings is 1. The lowest BCUT2D eigenvalue weighted by Crippen LogP contribution is -2.32. The molecule has 1 aromatic heterocycles. The number of nitrogens with two attached hydrogens (primary N) is 1. The molecule has 0 radical (unpaired) electrons. The van der Waals surface area contributed by atoms with E-state index in [1.165, 1.54) is 0 Å². The first-order valence-corrected chi connectivity index (χ1v) is 8.33. The second-order valence-electron chi connectivity index (χ2n) is 6.23. The number of nitrogens with zero attached hydrogens (tertiary/aromatic N) is 1. The lowest BCUT2D eigenvalue weighted by atomic mass is 10.00. The van der Waals surface area contributed by atoms with E-state index in [4.69, 9.17) is 10.5 Å². The number of aromatic nitrogens is 1. The van der Waals surface area contributed by atoms with Crippen molar-refractivity contribution in [2.45, 2.75) is 19.8 Å². The highest BCUT2D eigenvalue weighted by molar-refractivity contribution is 5.94. The number of nitrogens with one attached hydrogen (secondary N) is 1. The number of rotatable bonds is 4. The molecule has 0 atom stereocenters. The Balaban J connectivity index is 1.64. The molecule has 1 amide bonds. The summed E-state index contributed by atoms with van der Waals surface area (Å²) in [5.74, 6) is 0.982. The fourth-order valence-corrected chi connectivity index (χ4v) is 2.91. The van der Waals surface area contributed by atoms with E-state index in [1.54, 1.807) is 0 Å². The Morgan fingerprint density at radius 1 is 1.21 bits per heavy atom. The molecule has 3 N–H and O–H groups in total. The van der Waals surface area contributed by atoms with Gasteiger partial charge in [0.15, 0.2) is 0 Å². The second-order valence-corrected chi connectivity index (χ2v) is 6.23. The molecular formula is C19H23N3O2. The maximum Gasteiger partial charge on any atom is 0.251 e. The Morgan fingerprint density at radius 2 is 1.92 bits per heavy atom. The molecule has 0 spiro atoms. The molecule has 1 fully saturated rings. The van der Waals surface area contributed by atoms with Crippen LogP contribution in [0.1, 0.15) is 28.9 Å². The molecule has 1 aliphatic heterocycles. The Hall–Kier alpha value is -2.40. The van der Waals surface area contributed by atoms with E-state index < -0.39 is 0 Å². The average molecular weight is 325 g/mol. The van der Waals surface area contributed by atoms with E-state index in [-0.39, 0.29) is 5.91 Å². The fourth-order valence-electron chi connectivity index (χ4n) is 2.91. The van der Waals surface area contributed by atoms with Crippen LogP contribution in [0, 0.1) is 12.8 Å². The number of nitrogen functional groups attached to an aromatic ring is 1. The van der Waals surface area contributed by atoms with Gasteiger partial charge in [0.1, 0.15) is 5.82 Å². The number of hydrogen-bond donors (Lipinski definition) is 2. The number of anilines is 1. The number of benzene rings is 1. The van der Waals surface area contributed by atoms with E-state index in [0.29, 0.717) is 23.8 Å². The van der Waals surface area contributed by atoms with Crippen LogP contribution < -0.4 is 11.1 Å². The van der Waals surface area contributed by atoms with Crippen LogP contribution in [-0.2, 0) is 4.74 Å². The van der Waals surface area contributed by atoms with Gasteiger partial charge in [-0.3, -0.25) is 4.79 Å². The van der Waals surface area contributed by atoms with Gasteiger partial charge in [0.25, 0.3) is 5.91 Å². The van der Waals surface area contributed by atoms with Gasteiger partial charge in [-0.05, 0) is 55.5 Å². The third kappa shape index (κ3) is 3.92. The number of hydrogen-bond acceptors (Lipinski definition) is 4. The summed E-state index contributed by atoms with van der Waals surface area (Å²) in [5, 5.41) is 3.02. The summed E-state index contributed by atoms with van der Waals surface area (Å²) in [4.78, 5) is 16.5. The highest BCUT2D eigenvalue weighted by Gasteiger charge is 2.15. The smallest absolute Gasteiger partial charge is 0.251 e. The molecule has 2 aromatic rings. The van der Waals surface area contributed by atoms with Gasteiger partial charge in [-0.2, -0.15) is 0 Å². The lowest BCUT2D eigenvalue weighted by Gasteiger charge is -2.22. The van der Waals surface area contributed by atoms with Crippen molar-refractivity contribution < 1.29 is 9.53 Å². The molecule has 0 unspecified atom stereocenters. The highest BCUT2D eigenvalue weighted by Crippen LogP contribution is 2.25. The van der Waals surface area contributed by atoms with Crippen LogP contribution in [0.4, 0.5) is 5.82 Å². The zero-order valence-corrected chi connectivity index (χ0v) is 13.9. The van der Waals surface area contributed by atoms with E-state index >= 15 is 0 Å². The Labute approximate surface area is 142 Å². The predicted octanol–water partition coefficient (Wildman–Crippen LogP) is 2.80. The van der Waals surface area contributed by atoms with Crippen molar-refractivity contribution in [3.63, 3.8) is 0 Å². The number of amides is 1. The molecule has 126 valence electrons. The van der Waals surface area contributed by atoms with Crippen molar-refractivity contribution in [3.05, 3.63) is 47.7 Å². The van der Waals surface area contributed by atoms with Crippen molar-refractivity contribution in [2.24, 2.45) is 5.92 Å². The molecular weight excluding hydrogens is 302 g/mol. The standard InChI is InChI=1S/C19H23N3O2/c1-13-2-7-17(18(20)22-13)15-3-5-16(6-4-15)19(23)21-12-14-8-10-24-11-9-14/h2-7,14H,8-12H2,1H3,(H2,20,22)(H,21,23). The average Bonchev–Trinajstić information content (AvgIpc) is 2.61. The van der Waals surface area contributed by atoms with Crippen LogP contribution in [0.3, 0.4) is 0 Å².